The second-order valence-corrected chi connectivity index (χ2v) is 7.53. The summed E-state index contributed by atoms with van der Waals surface area (Å²) in [5.74, 6) is -4.61. The number of hydrogen-bond acceptors (Lipinski definition) is 3. The molecule has 0 spiro atoms. The maximum Gasteiger partial charge on any atom is 0.262 e. The van der Waals surface area contributed by atoms with Crippen molar-refractivity contribution in [1.82, 2.24) is 0 Å². The molecule has 0 aliphatic heterocycles. The fourth-order valence-electron chi connectivity index (χ4n) is 2.71. The van der Waals surface area contributed by atoms with E-state index in [-0.39, 0.29) is 4.90 Å². The van der Waals surface area contributed by atoms with Crippen molar-refractivity contribution in [3.05, 3.63) is 66.0 Å². The zero-order chi connectivity index (χ0) is 19.1. The van der Waals surface area contributed by atoms with E-state index in [1.54, 1.807) is 24.3 Å². The second kappa shape index (κ2) is 6.53. The van der Waals surface area contributed by atoms with Gasteiger partial charge in [0.1, 0.15) is 0 Å². The van der Waals surface area contributed by atoms with Crippen molar-refractivity contribution >= 4 is 32.2 Å². The average molecular weight is 380 g/mol. The first-order valence-electron chi connectivity index (χ1n) is 7.57. The molecule has 0 heterocycles. The van der Waals surface area contributed by atoms with E-state index in [2.05, 4.69) is 4.72 Å². The van der Waals surface area contributed by atoms with Gasteiger partial charge in [-0.15, -0.1) is 0 Å². The summed E-state index contributed by atoms with van der Waals surface area (Å²) in [5.41, 5.74) is 0.417. The minimum atomic E-state index is -4.15. The molecule has 0 amide bonds. The van der Waals surface area contributed by atoms with Crippen LogP contribution >= 0.6 is 0 Å². The highest BCUT2D eigenvalue weighted by Crippen LogP contribution is 2.31. The Bertz CT molecular complexity index is 1080. The molecule has 0 aromatic heterocycles. The number of rotatable bonds is 4. The van der Waals surface area contributed by atoms with Gasteiger partial charge in [-0.3, -0.25) is 4.72 Å². The van der Waals surface area contributed by atoms with Crippen LogP contribution in [0.5, 0.6) is 0 Å². The molecule has 0 atom stereocenters. The molecule has 26 heavy (non-hydrogen) atoms. The Morgan fingerprint density at radius 3 is 2.08 bits per heavy atom. The third-order valence-corrected chi connectivity index (χ3v) is 5.31. The van der Waals surface area contributed by atoms with Crippen LogP contribution in [0.15, 0.2) is 53.4 Å². The third kappa shape index (κ3) is 3.20. The normalized spacial score (nSPS) is 11.6. The Labute approximate surface area is 148 Å². The van der Waals surface area contributed by atoms with E-state index in [9.17, 15) is 21.6 Å². The number of fused-ring (bicyclic) bond motifs is 1. The number of halogens is 3. The first-order chi connectivity index (χ1) is 12.2. The molecule has 136 valence electrons. The van der Waals surface area contributed by atoms with Gasteiger partial charge in [0, 0.05) is 42.7 Å². The van der Waals surface area contributed by atoms with Gasteiger partial charge in [-0.05, 0) is 12.1 Å². The summed E-state index contributed by atoms with van der Waals surface area (Å²) in [4.78, 5) is 1.79. The lowest BCUT2D eigenvalue weighted by Crippen LogP contribution is -2.15. The van der Waals surface area contributed by atoms with Gasteiger partial charge >= 0.3 is 0 Å². The summed E-state index contributed by atoms with van der Waals surface area (Å²) < 4.78 is 67.4. The van der Waals surface area contributed by atoms with E-state index < -0.39 is 33.2 Å². The van der Waals surface area contributed by atoms with Gasteiger partial charge in [0.2, 0.25) is 0 Å². The number of nitrogens with one attached hydrogen (secondary N) is 1. The number of benzene rings is 3. The lowest BCUT2D eigenvalue weighted by molar-refractivity contribution is 0.448. The van der Waals surface area contributed by atoms with E-state index in [1.165, 1.54) is 6.07 Å². The predicted octanol–water partition coefficient (Wildman–Crippen LogP) is 4.12. The summed E-state index contributed by atoms with van der Waals surface area (Å²) in [6.07, 6.45) is 0. The molecule has 3 aromatic carbocycles. The molecule has 0 radical (unpaired) electrons. The van der Waals surface area contributed by atoms with Gasteiger partial charge in [0.25, 0.3) is 10.0 Å². The van der Waals surface area contributed by atoms with Crippen molar-refractivity contribution in [3.63, 3.8) is 0 Å². The predicted molar refractivity (Wildman–Crippen MR) is 95.4 cm³/mol. The molecule has 0 fully saturated rings. The Morgan fingerprint density at radius 1 is 0.885 bits per heavy atom. The highest BCUT2D eigenvalue weighted by atomic mass is 32.2. The lowest BCUT2D eigenvalue weighted by Gasteiger charge is -2.17. The van der Waals surface area contributed by atoms with Crippen LogP contribution in [0.3, 0.4) is 0 Å². The van der Waals surface area contributed by atoms with E-state index in [0.29, 0.717) is 22.9 Å². The maximum absolute atomic E-state index is 13.4. The molecule has 0 aliphatic rings. The Kier molecular flexibility index (Phi) is 4.53. The summed E-state index contributed by atoms with van der Waals surface area (Å²) in [7, 11) is -0.490. The fourth-order valence-corrected chi connectivity index (χ4v) is 3.98. The summed E-state index contributed by atoms with van der Waals surface area (Å²) in [6, 6.07) is 11.1. The van der Waals surface area contributed by atoms with Gasteiger partial charge in [-0.1, -0.05) is 24.3 Å². The highest BCUT2D eigenvalue weighted by molar-refractivity contribution is 7.93. The lowest BCUT2D eigenvalue weighted by atomic mass is 10.1. The summed E-state index contributed by atoms with van der Waals surface area (Å²) >= 11 is 0. The molecular formula is C18H15F3N2O2S. The number of sulfonamides is 1. The molecule has 4 nitrogen and oxygen atoms in total. The van der Waals surface area contributed by atoms with Crippen LogP contribution in [0, 0.1) is 17.5 Å². The molecule has 3 rings (SSSR count). The molecule has 8 heteroatoms. The van der Waals surface area contributed by atoms with Gasteiger partial charge in [-0.25, -0.2) is 21.6 Å². The third-order valence-electron chi connectivity index (χ3n) is 3.87. The van der Waals surface area contributed by atoms with Crippen LogP contribution in [-0.2, 0) is 10.0 Å². The number of hydrogen-bond donors (Lipinski definition) is 1. The second-order valence-electron chi connectivity index (χ2n) is 5.88. The fraction of sp³-hybridized carbons (Fsp3) is 0.111. The van der Waals surface area contributed by atoms with Crippen LogP contribution in [0.1, 0.15) is 0 Å². The molecule has 0 saturated heterocycles. The standard InChI is InChI=1S/C18H15F3N2O2S/c1-23(2)16-7-3-6-13-12(16)5-4-8-17(13)26(24,25)22-11-9-14(19)18(21)15(20)10-11/h3-10,22H,1-2H3. The van der Waals surface area contributed by atoms with Crippen LogP contribution < -0.4 is 9.62 Å². The van der Waals surface area contributed by atoms with Gasteiger partial charge < -0.3 is 4.90 Å². The SMILES string of the molecule is CN(C)c1cccc2c(S(=O)(=O)Nc3cc(F)c(F)c(F)c3)cccc12. The molecule has 0 bridgehead atoms. The monoisotopic (exact) mass is 380 g/mol. The molecular weight excluding hydrogens is 365 g/mol. The Balaban J connectivity index is 2.12. The molecule has 0 unspecified atom stereocenters. The molecule has 3 aromatic rings. The van der Waals surface area contributed by atoms with E-state index in [4.69, 9.17) is 0 Å². The summed E-state index contributed by atoms with van der Waals surface area (Å²) in [5, 5.41) is 1.16. The zero-order valence-corrected chi connectivity index (χ0v) is 14.7. The minimum absolute atomic E-state index is 0.0520. The average Bonchev–Trinajstić information content (AvgIpc) is 2.58. The van der Waals surface area contributed by atoms with Crippen molar-refractivity contribution in [2.24, 2.45) is 0 Å². The van der Waals surface area contributed by atoms with Crippen molar-refractivity contribution < 1.29 is 21.6 Å². The first-order valence-corrected chi connectivity index (χ1v) is 9.05. The van der Waals surface area contributed by atoms with Gasteiger partial charge in [0.15, 0.2) is 17.5 Å². The number of nitrogens with zero attached hydrogens (tertiary/aromatic N) is 1. The van der Waals surface area contributed by atoms with Crippen molar-refractivity contribution in [3.8, 4) is 0 Å². The van der Waals surface area contributed by atoms with Crippen molar-refractivity contribution in [1.29, 1.82) is 0 Å². The maximum atomic E-state index is 13.4. The van der Waals surface area contributed by atoms with Gasteiger partial charge in [0.05, 0.1) is 10.6 Å². The first kappa shape index (κ1) is 18.1. The largest absolute Gasteiger partial charge is 0.377 e. The molecule has 0 aliphatic carbocycles. The Hall–Kier alpha value is -2.74. The Morgan fingerprint density at radius 2 is 1.46 bits per heavy atom. The smallest absolute Gasteiger partial charge is 0.262 e. The minimum Gasteiger partial charge on any atom is -0.377 e. The van der Waals surface area contributed by atoms with Crippen LogP contribution in [0.4, 0.5) is 24.5 Å². The van der Waals surface area contributed by atoms with E-state index in [0.717, 1.165) is 5.69 Å². The van der Waals surface area contributed by atoms with Crippen LogP contribution in [0.2, 0.25) is 0 Å². The molecule has 1 N–H and O–H groups in total. The number of anilines is 2. The van der Waals surface area contributed by atoms with Crippen molar-refractivity contribution in [2.45, 2.75) is 4.90 Å². The van der Waals surface area contributed by atoms with Crippen LogP contribution in [-0.4, -0.2) is 22.5 Å². The van der Waals surface area contributed by atoms with Gasteiger partial charge in [-0.2, -0.15) is 0 Å². The topological polar surface area (TPSA) is 49.4 Å². The zero-order valence-electron chi connectivity index (χ0n) is 13.9. The van der Waals surface area contributed by atoms with Crippen LogP contribution in [0.25, 0.3) is 10.8 Å². The van der Waals surface area contributed by atoms with E-state index in [1.807, 2.05) is 25.1 Å². The summed E-state index contributed by atoms with van der Waals surface area (Å²) in [6.45, 7) is 0. The van der Waals surface area contributed by atoms with Crippen molar-refractivity contribution in [2.75, 3.05) is 23.7 Å². The quantitative estimate of drug-likeness (QED) is 0.693. The highest BCUT2D eigenvalue weighted by Gasteiger charge is 2.20. The molecule has 0 saturated carbocycles. The van der Waals surface area contributed by atoms with E-state index >= 15 is 0 Å².